The number of amides is 1. The van der Waals surface area contributed by atoms with Gasteiger partial charge in [-0.05, 0) is 31.1 Å². The molecule has 1 aliphatic heterocycles. The van der Waals surface area contributed by atoms with Crippen LogP contribution < -0.4 is 10.1 Å². The van der Waals surface area contributed by atoms with Gasteiger partial charge in [0.15, 0.2) is 5.82 Å². The first kappa shape index (κ1) is 19.2. The van der Waals surface area contributed by atoms with Gasteiger partial charge in [0.1, 0.15) is 10.8 Å². The average molecular weight is 388 g/mol. The van der Waals surface area contributed by atoms with Gasteiger partial charge in [0, 0.05) is 30.1 Å². The molecule has 2 aromatic rings. The molecule has 0 saturated carbocycles. The Morgan fingerprint density at radius 2 is 2.37 bits per heavy atom. The second-order valence-corrected chi connectivity index (χ2v) is 7.36. The van der Waals surface area contributed by atoms with Gasteiger partial charge in [-0.25, -0.2) is 14.4 Å². The third-order valence-corrected chi connectivity index (χ3v) is 5.41. The summed E-state index contributed by atoms with van der Waals surface area (Å²) in [6, 6.07) is 7.33. The Morgan fingerprint density at radius 3 is 3.15 bits per heavy atom. The summed E-state index contributed by atoms with van der Waals surface area (Å²) in [6.07, 6.45) is 4.24. The molecular formula is C19H21FN4O2S. The van der Waals surface area contributed by atoms with E-state index >= 15 is 0 Å². The number of piperidine rings is 1. The Kier molecular flexibility index (Phi) is 6.28. The fraction of sp³-hybridized carbons (Fsp3) is 0.316. The minimum Gasteiger partial charge on any atom is -0.497 e. The number of carbonyl (C=O) groups excluding carboxylic acids is 1. The monoisotopic (exact) mass is 388 g/mol. The van der Waals surface area contributed by atoms with E-state index in [-0.39, 0.29) is 16.2 Å². The molecule has 6 nitrogen and oxygen atoms in total. The zero-order chi connectivity index (χ0) is 19.2. The largest absolute Gasteiger partial charge is 0.497 e. The first-order valence-corrected chi connectivity index (χ1v) is 9.48. The number of benzene rings is 1. The zero-order valence-electron chi connectivity index (χ0n) is 15.0. The van der Waals surface area contributed by atoms with E-state index in [0.717, 1.165) is 24.7 Å². The van der Waals surface area contributed by atoms with Crippen molar-refractivity contribution in [2.75, 3.05) is 25.5 Å². The molecule has 0 aliphatic carbocycles. The van der Waals surface area contributed by atoms with Crippen molar-refractivity contribution in [3.05, 3.63) is 48.9 Å². The molecule has 1 fully saturated rings. The van der Waals surface area contributed by atoms with Gasteiger partial charge < -0.3 is 15.0 Å². The Bertz CT molecular complexity index is 833. The van der Waals surface area contributed by atoms with Crippen LogP contribution in [-0.2, 0) is 4.79 Å². The van der Waals surface area contributed by atoms with Gasteiger partial charge in [0.05, 0.1) is 13.3 Å². The van der Waals surface area contributed by atoms with Crippen LogP contribution in [0, 0.1) is 5.82 Å². The Labute approximate surface area is 161 Å². The van der Waals surface area contributed by atoms with Crippen LogP contribution in [0.2, 0.25) is 0 Å². The summed E-state index contributed by atoms with van der Waals surface area (Å²) in [5, 5.41) is 3.41. The summed E-state index contributed by atoms with van der Waals surface area (Å²) in [5.74, 6) is 0.445. The van der Waals surface area contributed by atoms with Crippen molar-refractivity contribution >= 4 is 29.3 Å². The normalized spacial score (nSPS) is 16.7. The van der Waals surface area contributed by atoms with E-state index in [9.17, 15) is 9.18 Å². The summed E-state index contributed by atoms with van der Waals surface area (Å²) in [6.45, 7) is 4.79. The molecule has 1 aliphatic rings. The first-order chi connectivity index (χ1) is 13.1. The van der Waals surface area contributed by atoms with Crippen molar-refractivity contribution < 1.29 is 13.9 Å². The van der Waals surface area contributed by atoms with Crippen molar-refractivity contribution in [1.82, 2.24) is 14.9 Å². The number of halogens is 1. The molecule has 1 unspecified atom stereocenters. The molecule has 2 heterocycles. The van der Waals surface area contributed by atoms with Crippen LogP contribution in [-0.4, -0.2) is 46.2 Å². The minimum atomic E-state index is -0.469. The van der Waals surface area contributed by atoms with E-state index < -0.39 is 5.82 Å². The van der Waals surface area contributed by atoms with Crippen molar-refractivity contribution in [3.8, 4) is 5.75 Å². The van der Waals surface area contributed by atoms with E-state index in [1.807, 2.05) is 18.2 Å². The summed E-state index contributed by atoms with van der Waals surface area (Å²) in [4.78, 5) is 21.9. The summed E-state index contributed by atoms with van der Waals surface area (Å²) in [7, 11) is 1.59. The maximum atomic E-state index is 14.2. The maximum absolute atomic E-state index is 14.2. The topological polar surface area (TPSA) is 67.4 Å². The van der Waals surface area contributed by atoms with Crippen LogP contribution in [0.4, 0.5) is 16.0 Å². The predicted octanol–water partition coefficient (Wildman–Crippen LogP) is 3.64. The molecule has 1 atom stereocenters. The minimum absolute atomic E-state index is 0.0803. The van der Waals surface area contributed by atoms with E-state index in [0.29, 0.717) is 24.8 Å². The van der Waals surface area contributed by atoms with Gasteiger partial charge in [0.25, 0.3) is 0 Å². The summed E-state index contributed by atoms with van der Waals surface area (Å²) < 4.78 is 19.4. The van der Waals surface area contributed by atoms with Crippen LogP contribution in [0.3, 0.4) is 0 Å². The van der Waals surface area contributed by atoms with Crippen LogP contribution in [0.25, 0.3) is 0 Å². The van der Waals surface area contributed by atoms with Crippen molar-refractivity contribution in [2.45, 2.75) is 23.1 Å². The van der Waals surface area contributed by atoms with Crippen LogP contribution >= 0.6 is 11.8 Å². The lowest BCUT2D eigenvalue weighted by molar-refractivity contribution is -0.126. The number of hydrogen-bond acceptors (Lipinski definition) is 6. The van der Waals surface area contributed by atoms with Gasteiger partial charge in [-0.3, -0.25) is 4.79 Å². The molecule has 3 rings (SSSR count). The summed E-state index contributed by atoms with van der Waals surface area (Å²) >= 11 is 1.34. The standard InChI is InChI=1S/C19H21FN4O2S/c1-3-17(25)24-9-5-8-15(12-24)27-18-16(20)11-21-19(23-18)22-13-6-4-7-14(10-13)26-2/h3-4,6-7,10-11,15H,1,5,8-9,12H2,2H3,(H,21,22,23). The SMILES string of the molecule is C=CC(=O)N1CCCC(Sc2nc(Nc3cccc(OC)c3)ncc2F)C1. The second kappa shape index (κ2) is 8.85. The Hall–Kier alpha value is -2.61. The second-order valence-electron chi connectivity index (χ2n) is 6.07. The first-order valence-electron chi connectivity index (χ1n) is 8.60. The third kappa shape index (κ3) is 4.97. The average Bonchev–Trinajstić information content (AvgIpc) is 2.70. The highest BCUT2D eigenvalue weighted by Crippen LogP contribution is 2.31. The number of aromatic nitrogens is 2. The number of nitrogens with zero attached hydrogens (tertiary/aromatic N) is 3. The number of likely N-dealkylation sites (tertiary alicyclic amines) is 1. The number of carbonyl (C=O) groups is 1. The quantitative estimate of drug-likeness (QED) is 0.602. The smallest absolute Gasteiger partial charge is 0.245 e. The predicted molar refractivity (Wildman–Crippen MR) is 104 cm³/mol. The number of rotatable bonds is 6. The maximum Gasteiger partial charge on any atom is 0.245 e. The molecule has 1 aromatic heterocycles. The van der Waals surface area contributed by atoms with Gasteiger partial charge in [-0.15, -0.1) is 0 Å². The number of hydrogen-bond donors (Lipinski definition) is 1. The molecule has 0 bridgehead atoms. The molecule has 1 saturated heterocycles. The Balaban J connectivity index is 1.71. The van der Waals surface area contributed by atoms with Gasteiger partial charge in [-0.1, -0.05) is 24.4 Å². The van der Waals surface area contributed by atoms with E-state index in [2.05, 4.69) is 21.9 Å². The molecular weight excluding hydrogens is 367 g/mol. The third-order valence-electron chi connectivity index (χ3n) is 4.18. The lowest BCUT2D eigenvalue weighted by Crippen LogP contribution is -2.40. The van der Waals surface area contributed by atoms with Gasteiger partial charge in [-0.2, -0.15) is 0 Å². The van der Waals surface area contributed by atoms with Crippen LogP contribution in [0.5, 0.6) is 5.75 Å². The molecule has 1 N–H and O–H groups in total. The van der Waals surface area contributed by atoms with E-state index in [4.69, 9.17) is 4.74 Å². The van der Waals surface area contributed by atoms with Crippen molar-refractivity contribution in [3.63, 3.8) is 0 Å². The highest BCUT2D eigenvalue weighted by molar-refractivity contribution is 7.99. The van der Waals surface area contributed by atoms with Gasteiger partial charge in [0.2, 0.25) is 11.9 Å². The highest BCUT2D eigenvalue weighted by atomic mass is 32.2. The highest BCUT2D eigenvalue weighted by Gasteiger charge is 2.24. The molecule has 142 valence electrons. The Morgan fingerprint density at radius 1 is 1.52 bits per heavy atom. The summed E-state index contributed by atoms with van der Waals surface area (Å²) in [5.41, 5.74) is 0.748. The molecule has 27 heavy (non-hydrogen) atoms. The lowest BCUT2D eigenvalue weighted by Gasteiger charge is -2.31. The van der Waals surface area contributed by atoms with E-state index in [1.165, 1.54) is 17.8 Å². The number of anilines is 2. The fourth-order valence-corrected chi connectivity index (χ4v) is 4.01. The molecule has 1 aromatic carbocycles. The molecule has 0 radical (unpaired) electrons. The van der Waals surface area contributed by atoms with Gasteiger partial charge >= 0.3 is 0 Å². The fourth-order valence-electron chi connectivity index (χ4n) is 2.85. The van der Waals surface area contributed by atoms with E-state index in [1.54, 1.807) is 18.1 Å². The number of methoxy groups -OCH3 is 1. The number of nitrogens with one attached hydrogen (secondary N) is 1. The van der Waals surface area contributed by atoms with Crippen LogP contribution in [0.15, 0.2) is 48.1 Å². The zero-order valence-corrected chi connectivity index (χ0v) is 15.8. The molecule has 8 heteroatoms. The lowest BCUT2D eigenvalue weighted by atomic mass is 10.1. The van der Waals surface area contributed by atoms with Crippen molar-refractivity contribution in [1.29, 1.82) is 0 Å². The number of thioether (sulfide) groups is 1. The van der Waals surface area contributed by atoms with Crippen LogP contribution in [0.1, 0.15) is 12.8 Å². The van der Waals surface area contributed by atoms with Crippen molar-refractivity contribution in [2.24, 2.45) is 0 Å². The molecule has 1 amide bonds. The number of ether oxygens (including phenoxy) is 1. The molecule has 0 spiro atoms.